The third-order valence-corrected chi connectivity index (χ3v) is 3.98. The van der Waals surface area contributed by atoms with Crippen LogP contribution in [0.1, 0.15) is 16.1 Å². The summed E-state index contributed by atoms with van der Waals surface area (Å²) in [6.45, 7) is -0.281. The van der Waals surface area contributed by atoms with Gasteiger partial charge in [-0.3, -0.25) is 9.59 Å². The average molecular weight is 415 g/mol. The van der Waals surface area contributed by atoms with Crippen LogP contribution in [0, 0.1) is 0 Å². The van der Waals surface area contributed by atoms with E-state index in [2.05, 4.69) is 26.4 Å². The Morgan fingerprint density at radius 2 is 1.88 bits per heavy atom. The molecule has 0 aliphatic rings. The highest BCUT2D eigenvalue weighted by Gasteiger charge is 2.11. The van der Waals surface area contributed by atoms with Crippen LogP contribution >= 0.6 is 15.9 Å². The Kier molecular flexibility index (Phi) is 5.80. The minimum atomic E-state index is -0.564. The first-order chi connectivity index (χ1) is 12.6. The van der Waals surface area contributed by atoms with E-state index >= 15 is 0 Å². The molecule has 2 aromatic carbocycles. The molecule has 0 unspecified atom stereocenters. The van der Waals surface area contributed by atoms with Crippen molar-refractivity contribution in [3.8, 4) is 11.3 Å². The Morgan fingerprint density at radius 1 is 1.08 bits per heavy atom. The molecule has 7 heteroatoms. The molecule has 1 aromatic heterocycles. The summed E-state index contributed by atoms with van der Waals surface area (Å²) in [5.74, 6) is -0.490. The Bertz CT molecular complexity index is 909. The summed E-state index contributed by atoms with van der Waals surface area (Å²) >= 11 is 3.29. The Balaban J connectivity index is 1.47. The number of amides is 1. The van der Waals surface area contributed by atoms with Crippen molar-refractivity contribution < 1.29 is 18.8 Å². The maximum absolute atomic E-state index is 12.0. The highest BCUT2D eigenvalue weighted by atomic mass is 79.9. The van der Waals surface area contributed by atoms with E-state index < -0.39 is 5.97 Å². The van der Waals surface area contributed by atoms with Gasteiger partial charge < -0.3 is 14.6 Å². The van der Waals surface area contributed by atoms with Gasteiger partial charge in [0.25, 0.3) is 5.91 Å². The average Bonchev–Trinajstić information content (AvgIpc) is 3.14. The van der Waals surface area contributed by atoms with Crippen molar-refractivity contribution in [3.63, 3.8) is 0 Å². The molecule has 0 spiro atoms. The summed E-state index contributed by atoms with van der Waals surface area (Å²) < 4.78 is 11.0. The molecule has 0 saturated carbocycles. The minimum absolute atomic E-state index is 0.0502. The lowest BCUT2D eigenvalue weighted by Gasteiger charge is -2.05. The number of halogens is 1. The zero-order valence-electron chi connectivity index (χ0n) is 13.6. The summed E-state index contributed by atoms with van der Waals surface area (Å²) in [6.07, 6.45) is 0. The maximum Gasteiger partial charge on any atom is 0.325 e. The van der Waals surface area contributed by atoms with Gasteiger partial charge in [0.1, 0.15) is 12.2 Å². The molecule has 0 aliphatic heterocycles. The SMILES string of the molecule is O=C(CNC(=O)c1cccc(Br)c1)OCc1cc(-c2ccccc2)no1. The highest BCUT2D eigenvalue weighted by molar-refractivity contribution is 9.10. The van der Waals surface area contributed by atoms with Crippen LogP contribution in [-0.2, 0) is 16.1 Å². The van der Waals surface area contributed by atoms with Crippen LogP contribution in [0.15, 0.2) is 69.7 Å². The van der Waals surface area contributed by atoms with Gasteiger partial charge in [-0.2, -0.15) is 0 Å². The van der Waals surface area contributed by atoms with Gasteiger partial charge in [0, 0.05) is 21.7 Å². The van der Waals surface area contributed by atoms with Crippen LogP contribution in [0.2, 0.25) is 0 Å². The van der Waals surface area contributed by atoms with E-state index in [1.165, 1.54) is 0 Å². The third-order valence-electron chi connectivity index (χ3n) is 3.48. The lowest BCUT2D eigenvalue weighted by Crippen LogP contribution is -2.30. The number of carbonyl (C=O) groups excluding carboxylic acids is 2. The van der Waals surface area contributed by atoms with Gasteiger partial charge in [0.15, 0.2) is 12.4 Å². The van der Waals surface area contributed by atoms with E-state index in [1.54, 1.807) is 24.3 Å². The number of hydrogen-bond acceptors (Lipinski definition) is 5. The second-order valence-corrected chi connectivity index (χ2v) is 6.31. The molecule has 0 saturated heterocycles. The molecule has 6 nitrogen and oxygen atoms in total. The first kappa shape index (κ1) is 17.9. The minimum Gasteiger partial charge on any atom is -0.456 e. The van der Waals surface area contributed by atoms with Gasteiger partial charge in [-0.05, 0) is 18.2 Å². The van der Waals surface area contributed by atoms with Gasteiger partial charge in [0.05, 0.1) is 0 Å². The maximum atomic E-state index is 12.0. The van der Waals surface area contributed by atoms with Crippen LogP contribution in [0.25, 0.3) is 11.3 Å². The van der Waals surface area contributed by atoms with E-state index in [1.807, 2.05) is 36.4 Å². The summed E-state index contributed by atoms with van der Waals surface area (Å²) in [7, 11) is 0. The molecule has 3 rings (SSSR count). The fourth-order valence-corrected chi connectivity index (χ4v) is 2.61. The summed E-state index contributed by atoms with van der Waals surface area (Å²) in [6, 6.07) is 18.1. The quantitative estimate of drug-likeness (QED) is 0.623. The summed E-state index contributed by atoms with van der Waals surface area (Å²) in [5, 5.41) is 6.46. The molecular weight excluding hydrogens is 400 g/mol. The number of hydrogen-bond donors (Lipinski definition) is 1. The predicted molar refractivity (Wildman–Crippen MR) is 98.2 cm³/mol. The number of rotatable bonds is 6. The molecule has 0 bridgehead atoms. The fraction of sp³-hybridized carbons (Fsp3) is 0.105. The number of carbonyl (C=O) groups is 2. The third kappa shape index (κ3) is 4.80. The standard InChI is InChI=1S/C19H15BrN2O4/c20-15-8-4-7-14(9-15)19(24)21-11-18(23)25-12-16-10-17(22-26-16)13-5-2-1-3-6-13/h1-10H,11-12H2,(H,21,24). The van der Waals surface area contributed by atoms with E-state index in [0.717, 1.165) is 10.0 Å². The molecule has 132 valence electrons. The number of aromatic nitrogens is 1. The zero-order valence-corrected chi connectivity index (χ0v) is 15.2. The van der Waals surface area contributed by atoms with Gasteiger partial charge in [-0.1, -0.05) is 57.5 Å². The van der Waals surface area contributed by atoms with Crippen LogP contribution in [0.4, 0.5) is 0 Å². The summed E-state index contributed by atoms with van der Waals surface area (Å²) in [4.78, 5) is 23.8. The molecule has 1 heterocycles. The Hall–Kier alpha value is -2.93. The van der Waals surface area contributed by atoms with Crippen molar-refractivity contribution in [1.29, 1.82) is 0 Å². The number of benzene rings is 2. The molecule has 3 aromatic rings. The normalized spacial score (nSPS) is 10.3. The molecule has 0 fully saturated rings. The van der Waals surface area contributed by atoms with Crippen LogP contribution < -0.4 is 5.32 Å². The van der Waals surface area contributed by atoms with Crippen molar-refractivity contribution in [2.45, 2.75) is 6.61 Å². The predicted octanol–water partition coefficient (Wildman–Crippen LogP) is 3.58. The van der Waals surface area contributed by atoms with E-state index in [9.17, 15) is 9.59 Å². The molecular formula is C19H15BrN2O4. The van der Waals surface area contributed by atoms with E-state index in [0.29, 0.717) is 17.0 Å². The van der Waals surface area contributed by atoms with Crippen molar-refractivity contribution in [3.05, 3.63) is 76.5 Å². The second kappa shape index (κ2) is 8.44. The first-order valence-corrected chi connectivity index (χ1v) is 8.61. The largest absolute Gasteiger partial charge is 0.456 e. The molecule has 0 radical (unpaired) electrons. The Labute approximate surface area is 158 Å². The van der Waals surface area contributed by atoms with Crippen LogP contribution in [0.5, 0.6) is 0 Å². The molecule has 1 amide bonds. The van der Waals surface area contributed by atoms with Gasteiger partial charge >= 0.3 is 5.97 Å². The van der Waals surface area contributed by atoms with Crippen molar-refractivity contribution in [2.75, 3.05) is 6.54 Å². The van der Waals surface area contributed by atoms with Gasteiger partial charge in [-0.15, -0.1) is 0 Å². The van der Waals surface area contributed by atoms with Crippen molar-refractivity contribution in [1.82, 2.24) is 10.5 Å². The fourth-order valence-electron chi connectivity index (χ4n) is 2.21. The Morgan fingerprint density at radius 3 is 2.65 bits per heavy atom. The molecule has 0 aliphatic carbocycles. The first-order valence-electron chi connectivity index (χ1n) is 7.82. The number of nitrogens with one attached hydrogen (secondary N) is 1. The smallest absolute Gasteiger partial charge is 0.325 e. The molecule has 1 N–H and O–H groups in total. The van der Waals surface area contributed by atoms with E-state index in [-0.39, 0.29) is 19.1 Å². The second-order valence-electron chi connectivity index (χ2n) is 5.40. The van der Waals surface area contributed by atoms with Crippen molar-refractivity contribution in [2.24, 2.45) is 0 Å². The van der Waals surface area contributed by atoms with Crippen LogP contribution in [0.3, 0.4) is 0 Å². The molecule has 0 atom stereocenters. The monoisotopic (exact) mass is 414 g/mol. The zero-order chi connectivity index (χ0) is 18.4. The van der Waals surface area contributed by atoms with Gasteiger partial charge in [-0.25, -0.2) is 0 Å². The topological polar surface area (TPSA) is 81.4 Å². The van der Waals surface area contributed by atoms with E-state index in [4.69, 9.17) is 9.26 Å². The number of ether oxygens (including phenoxy) is 1. The van der Waals surface area contributed by atoms with Crippen molar-refractivity contribution >= 4 is 27.8 Å². The van der Waals surface area contributed by atoms with Gasteiger partial charge in [0.2, 0.25) is 0 Å². The number of nitrogens with zero attached hydrogens (tertiary/aromatic N) is 1. The highest BCUT2D eigenvalue weighted by Crippen LogP contribution is 2.18. The summed E-state index contributed by atoms with van der Waals surface area (Å²) in [5.41, 5.74) is 2.03. The lowest BCUT2D eigenvalue weighted by atomic mass is 10.1. The number of esters is 1. The van der Waals surface area contributed by atoms with Crippen LogP contribution in [-0.4, -0.2) is 23.6 Å². The molecule has 26 heavy (non-hydrogen) atoms. The lowest BCUT2D eigenvalue weighted by molar-refractivity contribution is -0.144.